The van der Waals surface area contributed by atoms with Crippen molar-refractivity contribution < 1.29 is 13.9 Å². The lowest BCUT2D eigenvalue weighted by Gasteiger charge is -2.25. The number of benzene rings is 1. The van der Waals surface area contributed by atoms with Crippen molar-refractivity contribution in [3.8, 4) is 0 Å². The van der Waals surface area contributed by atoms with Gasteiger partial charge >= 0.3 is 0 Å². The van der Waals surface area contributed by atoms with Crippen LogP contribution in [-0.4, -0.2) is 10.7 Å². The molecule has 1 nitrogen and oxygen atoms in total. The van der Waals surface area contributed by atoms with Gasteiger partial charge in [-0.1, -0.05) is 13.8 Å². The van der Waals surface area contributed by atoms with Crippen molar-refractivity contribution in [3.63, 3.8) is 0 Å². The number of rotatable bonds is 2. The molecule has 0 aliphatic heterocycles. The number of halogens is 2. The lowest BCUT2D eigenvalue weighted by molar-refractivity contribution is 0.0378. The predicted octanol–water partition coefficient (Wildman–Crippen LogP) is 3.45. The summed E-state index contributed by atoms with van der Waals surface area (Å²) >= 11 is 0. The summed E-state index contributed by atoms with van der Waals surface area (Å²) in [7, 11) is 0. The third-order valence-corrected chi connectivity index (χ3v) is 3.53. The molecule has 94 valence electrons. The van der Waals surface area contributed by atoms with E-state index in [1.54, 1.807) is 0 Å². The fourth-order valence-electron chi connectivity index (χ4n) is 2.88. The maximum absolute atomic E-state index is 13.1. The Morgan fingerprint density at radius 3 is 2.18 bits per heavy atom. The minimum atomic E-state index is -0.816. The Morgan fingerprint density at radius 2 is 1.71 bits per heavy atom. The van der Waals surface area contributed by atoms with E-state index in [0.717, 1.165) is 12.5 Å². The molecular formula is C14H18F2O. The lowest BCUT2D eigenvalue weighted by Crippen LogP contribution is -2.29. The molecule has 1 unspecified atom stereocenters. The van der Waals surface area contributed by atoms with Crippen LogP contribution in [0, 0.1) is 17.0 Å². The Kier molecular flexibility index (Phi) is 2.98. The molecule has 1 fully saturated rings. The van der Waals surface area contributed by atoms with Gasteiger partial charge in [-0.3, -0.25) is 0 Å². The molecule has 0 bridgehead atoms. The highest BCUT2D eigenvalue weighted by Gasteiger charge is 2.41. The molecule has 0 radical (unpaired) electrons. The number of hydrogen-bond donors (Lipinski definition) is 1. The maximum Gasteiger partial charge on any atom is 0.126 e. The van der Waals surface area contributed by atoms with E-state index in [2.05, 4.69) is 13.8 Å². The highest BCUT2D eigenvalue weighted by Crippen LogP contribution is 2.44. The van der Waals surface area contributed by atoms with E-state index in [1.165, 1.54) is 12.1 Å². The molecular weight excluding hydrogens is 222 g/mol. The zero-order valence-electron chi connectivity index (χ0n) is 10.3. The lowest BCUT2D eigenvalue weighted by atomic mass is 9.86. The first kappa shape index (κ1) is 12.5. The fraction of sp³-hybridized carbons (Fsp3) is 0.571. The summed E-state index contributed by atoms with van der Waals surface area (Å²) < 4.78 is 26.1. The normalized spacial score (nSPS) is 27.4. The highest BCUT2D eigenvalue weighted by atomic mass is 19.1. The van der Waals surface area contributed by atoms with Crippen molar-refractivity contribution in [2.24, 2.45) is 5.41 Å². The molecule has 0 heterocycles. The van der Waals surface area contributed by atoms with Crippen molar-refractivity contribution in [2.75, 3.05) is 0 Å². The Hall–Kier alpha value is -0.960. The highest BCUT2D eigenvalue weighted by molar-refractivity contribution is 5.20. The summed E-state index contributed by atoms with van der Waals surface area (Å²) in [5, 5.41) is 10.4. The Bertz CT molecular complexity index is 408. The third-order valence-electron chi connectivity index (χ3n) is 3.53. The van der Waals surface area contributed by atoms with Crippen LogP contribution in [0.2, 0.25) is 0 Å². The first-order chi connectivity index (χ1) is 7.78. The standard InChI is InChI=1S/C14H18F2O/c1-13(2)3-4-14(17,9-13)8-10-5-11(15)7-12(16)6-10/h5-7,17H,3-4,8-9H2,1-2H3. The van der Waals surface area contributed by atoms with Gasteiger partial charge in [-0.05, 0) is 42.4 Å². The van der Waals surface area contributed by atoms with Gasteiger partial charge in [-0.25, -0.2) is 8.78 Å². The van der Waals surface area contributed by atoms with E-state index in [1.807, 2.05) is 0 Å². The molecule has 1 saturated carbocycles. The quantitative estimate of drug-likeness (QED) is 0.839. The fourth-order valence-corrected chi connectivity index (χ4v) is 2.88. The first-order valence-corrected chi connectivity index (χ1v) is 5.95. The molecule has 17 heavy (non-hydrogen) atoms. The molecule has 0 aromatic heterocycles. The second-order valence-electron chi connectivity index (χ2n) is 6.02. The first-order valence-electron chi connectivity index (χ1n) is 5.95. The molecule has 3 heteroatoms. The zero-order valence-corrected chi connectivity index (χ0v) is 10.3. The Balaban J connectivity index is 2.16. The number of aliphatic hydroxyl groups is 1. The molecule has 2 rings (SSSR count). The third kappa shape index (κ3) is 3.03. The van der Waals surface area contributed by atoms with Crippen LogP contribution in [0.4, 0.5) is 8.78 Å². The van der Waals surface area contributed by atoms with Crippen LogP contribution in [0.25, 0.3) is 0 Å². The van der Waals surface area contributed by atoms with Crippen molar-refractivity contribution in [1.82, 2.24) is 0 Å². The molecule has 1 aliphatic carbocycles. The van der Waals surface area contributed by atoms with E-state index in [-0.39, 0.29) is 5.41 Å². The van der Waals surface area contributed by atoms with E-state index >= 15 is 0 Å². The summed E-state index contributed by atoms with van der Waals surface area (Å²) in [5.74, 6) is -1.17. The van der Waals surface area contributed by atoms with Gasteiger partial charge in [-0.2, -0.15) is 0 Å². The van der Waals surface area contributed by atoms with Crippen LogP contribution < -0.4 is 0 Å². The largest absolute Gasteiger partial charge is 0.390 e. The molecule has 0 saturated heterocycles. The van der Waals surface area contributed by atoms with Crippen molar-refractivity contribution >= 4 is 0 Å². The molecule has 0 spiro atoms. The topological polar surface area (TPSA) is 20.2 Å². The summed E-state index contributed by atoms with van der Waals surface area (Å²) in [4.78, 5) is 0. The van der Waals surface area contributed by atoms with Gasteiger partial charge in [0.15, 0.2) is 0 Å². The van der Waals surface area contributed by atoms with Crippen LogP contribution in [0.1, 0.15) is 38.7 Å². The van der Waals surface area contributed by atoms with Crippen LogP contribution >= 0.6 is 0 Å². The van der Waals surface area contributed by atoms with Crippen molar-refractivity contribution in [2.45, 2.75) is 45.1 Å². The molecule has 1 aromatic rings. The molecule has 1 aromatic carbocycles. The smallest absolute Gasteiger partial charge is 0.126 e. The summed E-state index contributed by atoms with van der Waals surface area (Å²) in [6.45, 7) is 4.22. The van der Waals surface area contributed by atoms with Crippen molar-refractivity contribution in [3.05, 3.63) is 35.4 Å². The minimum Gasteiger partial charge on any atom is -0.390 e. The number of hydrogen-bond acceptors (Lipinski definition) is 1. The van der Waals surface area contributed by atoms with Gasteiger partial charge in [0, 0.05) is 12.5 Å². The van der Waals surface area contributed by atoms with Gasteiger partial charge in [0.2, 0.25) is 0 Å². The van der Waals surface area contributed by atoms with Gasteiger partial charge in [-0.15, -0.1) is 0 Å². The second kappa shape index (κ2) is 4.05. The van der Waals surface area contributed by atoms with E-state index in [4.69, 9.17) is 0 Å². The summed E-state index contributed by atoms with van der Waals surface area (Å²) in [5.41, 5.74) is -0.174. The van der Waals surface area contributed by atoms with Crippen LogP contribution in [0.5, 0.6) is 0 Å². The average molecular weight is 240 g/mol. The van der Waals surface area contributed by atoms with E-state index < -0.39 is 17.2 Å². The Morgan fingerprint density at radius 1 is 1.12 bits per heavy atom. The van der Waals surface area contributed by atoms with Gasteiger partial charge in [0.25, 0.3) is 0 Å². The second-order valence-corrected chi connectivity index (χ2v) is 6.02. The SMILES string of the molecule is CC1(C)CCC(O)(Cc2cc(F)cc(F)c2)C1. The predicted molar refractivity (Wildman–Crippen MR) is 62.6 cm³/mol. The van der Waals surface area contributed by atoms with Gasteiger partial charge < -0.3 is 5.11 Å². The van der Waals surface area contributed by atoms with Crippen molar-refractivity contribution in [1.29, 1.82) is 0 Å². The van der Waals surface area contributed by atoms with E-state index in [0.29, 0.717) is 24.8 Å². The summed E-state index contributed by atoms with van der Waals surface area (Å²) in [6, 6.07) is 3.45. The zero-order chi connectivity index (χ0) is 12.7. The summed E-state index contributed by atoms with van der Waals surface area (Å²) in [6.07, 6.45) is 2.64. The Labute approximate surface area is 100 Å². The average Bonchev–Trinajstić information content (AvgIpc) is 2.37. The molecule has 1 N–H and O–H groups in total. The molecule has 0 amide bonds. The minimum absolute atomic E-state index is 0.112. The van der Waals surface area contributed by atoms with Crippen LogP contribution in [-0.2, 0) is 6.42 Å². The van der Waals surface area contributed by atoms with Gasteiger partial charge in [0.1, 0.15) is 11.6 Å². The van der Waals surface area contributed by atoms with Crippen LogP contribution in [0.15, 0.2) is 18.2 Å². The van der Waals surface area contributed by atoms with Gasteiger partial charge in [0.05, 0.1) is 5.60 Å². The van der Waals surface area contributed by atoms with Crippen LogP contribution in [0.3, 0.4) is 0 Å². The molecule has 1 atom stereocenters. The van der Waals surface area contributed by atoms with E-state index in [9.17, 15) is 13.9 Å². The molecule has 1 aliphatic rings. The maximum atomic E-state index is 13.1. The monoisotopic (exact) mass is 240 g/mol.